The lowest BCUT2D eigenvalue weighted by atomic mass is 9.99. The summed E-state index contributed by atoms with van der Waals surface area (Å²) in [6, 6.07) is 4.19. The monoisotopic (exact) mass is 301 g/mol. The van der Waals surface area contributed by atoms with Gasteiger partial charge in [0, 0.05) is 31.6 Å². The Labute approximate surface area is 130 Å². The Kier molecular flexibility index (Phi) is 4.43. The molecule has 0 radical (unpaired) electrons. The van der Waals surface area contributed by atoms with Crippen molar-refractivity contribution in [3.63, 3.8) is 0 Å². The van der Waals surface area contributed by atoms with Gasteiger partial charge in [-0.3, -0.25) is 4.79 Å². The molecule has 2 aromatic rings. The van der Waals surface area contributed by atoms with E-state index in [4.69, 9.17) is 0 Å². The van der Waals surface area contributed by atoms with Crippen LogP contribution >= 0.6 is 0 Å². The van der Waals surface area contributed by atoms with E-state index in [1.54, 1.807) is 0 Å². The van der Waals surface area contributed by atoms with Crippen molar-refractivity contribution >= 4 is 11.6 Å². The summed E-state index contributed by atoms with van der Waals surface area (Å²) in [6.45, 7) is 2.97. The van der Waals surface area contributed by atoms with Crippen molar-refractivity contribution in [3.05, 3.63) is 35.8 Å². The van der Waals surface area contributed by atoms with Crippen LogP contribution in [-0.4, -0.2) is 44.5 Å². The molecule has 0 saturated carbocycles. The lowest BCUT2D eigenvalue weighted by Gasteiger charge is -2.35. The van der Waals surface area contributed by atoms with Crippen LogP contribution in [0.15, 0.2) is 24.5 Å². The molecular formula is C17H23N3O2. The number of amides is 1. The lowest BCUT2D eigenvalue weighted by molar-refractivity contribution is -0.134. The van der Waals surface area contributed by atoms with Gasteiger partial charge in [-0.05, 0) is 44.2 Å². The number of aromatic nitrogens is 2. The number of rotatable bonds is 4. The number of piperidine rings is 1. The van der Waals surface area contributed by atoms with E-state index in [-0.39, 0.29) is 18.6 Å². The second-order valence-electron chi connectivity index (χ2n) is 6.08. The highest BCUT2D eigenvalue weighted by atomic mass is 16.3. The van der Waals surface area contributed by atoms with Gasteiger partial charge in [-0.2, -0.15) is 0 Å². The van der Waals surface area contributed by atoms with Crippen molar-refractivity contribution < 1.29 is 9.90 Å². The molecule has 5 nitrogen and oxygen atoms in total. The van der Waals surface area contributed by atoms with E-state index < -0.39 is 0 Å². The highest BCUT2D eigenvalue weighted by Gasteiger charge is 2.26. The number of aliphatic hydroxyl groups is 1. The maximum absolute atomic E-state index is 12.6. The number of fused-ring (bicyclic) bond motifs is 1. The third-order valence-electron chi connectivity index (χ3n) is 4.47. The second kappa shape index (κ2) is 6.48. The molecule has 22 heavy (non-hydrogen) atoms. The number of imidazole rings is 1. The molecular weight excluding hydrogens is 278 g/mol. The van der Waals surface area contributed by atoms with Crippen molar-refractivity contribution in [2.45, 2.75) is 45.1 Å². The second-order valence-corrected chi connectivity index (χ2v) is 6.08. The Bertz CT molecular complexity index is 663. The molecule has 3 heterocycles. The molecule has 118 valence electrons. The van der Waals surface area contributed by atoms with Gasteiger partial charge in [-0.15, -0.1) is 0 Å². The number of carbonyl (C=O) groups excluding carboxylic acids is 1. The summed E-state index contributed by atoms with van der Waals surface area (Å²) >= 11 is 0. The van der Waals surface area contributed by atoms with Crippen LogP contribution in [0.5, 0.6) is 0 Å². The van der Waals surface area contributed by atoms with Crippen LogP contribution in [-0.2, 0) is 11.2 Å². The molecule has 0 aromatic carbocycles. The summed E-state index contributed by atoms with van der Waals surface area (Å²) in [4.78, 5) is 19.1. The predicted molar refractivity (Wildman–Crippen MR) is 84.7 cm³/mol. The molecule has 0 spiro atoms. The van der Waals surface area contributed by atoms with Crippen molar-refractivity contribution in [3.8, 4) is 0 Å². The average Bonchev–Trinajstić information content (AvgIpc) is 2.92. The Morgan fingerprint density at radius 3 is 3.09 bits per heavy atom. The van der Waals surface area contributed by atoms with Crippen LogP contribution < -0.4 is 0 Å². The highest BCUT2D eigenvalue weighted by molar-refractivity contribution is 5.79. The number of aryl methyl sites for hydroxylation is 1. The first kappa shape index (κ1) is 15.0. The zero-order chi connectivity index (χ0) is 15.5. The summed E-state index contributed by atoms with van der Waals surface area (Å²) in [5, 5.41) is 9.18. The van der Waals surface area contributed by atoms with Crippen molar-refractivity contribution in [2.24, 2.45) is 0 Å². The first-order valence-electron chi connectivity index (χ1n) is 8.02. The number of pyridine rings is 1. The van der Waals surface area contributed by atoms with E-state index >= 15 is 0 Å². The van der Waals surface area contributed by atoms with E-state index in [2.05, 4.69) is 4.98 Å². The molecule has 3 rings (SSSR count). The standard InChI is InChI=1S/C17H23N3O2/c1-13-5-4-8-19-12-14(18-17(13)19)11-16(22)20-9-3-2-6-15(20)7-10-21/h4-5,8,12,15,21H,2-3,6-7,9-11H2,1H3. The average molecular weight is 301 g/mol. The molecule has 1 fully saturated rings. The summed E-state index contributed by atoms with van der Waals surface area (Å²) in [7, 11) is 0. The molecule has 5 heteroatoms. The van der Waals surface area contributed by atoms with Gasteiger partial charge in [-0.1, -0.05) is 6.07 Å². The third-order valence-corrected chi connectivity index (χ3v) is 4.47. The minimum Gasteiger partial charge on any atom is -0.396 e. The zero-order valence-electron chi connectivity index (χ0n) is 13.0. The third kappa shape index (κ3) is 2.99. The smallest absolute Gasteiger partial charge is 0.228 e. The van der Waals surface area contributed by atoms with E-state index in [1.807, 2.05) is 40.8 Å². The van der Waals surface area contributed by atoms with Gasteiger partial charge in [0.2, 0.25) is 5.91 Å². The van der Waals surface area contributed by atoms with Crippen LogP contribution in [0.4, 0.5) is 0 Å². The topological polar surface area (TPSA) is 57.8 Å². The van der Waals surface area contributed by atoms with Crippen molar-refractivity contribution in [2.75, 3.05) is 13.2 Å². The fourth-order valence-corrected chi connectivity index (χ4v) is 3.32. The predicted octanol–water partition coefficient (Wildman–Crippen LogP) is 1.95. The molecule has 1 amide bonds. The Morgan fingerprint density at radius 1 is 1.45 bits per heavy atom. The normalized spacial score (nSPS) is 18.8. The van der Waals surface area contributed by atoms with Crippen LogP contribution in [0.25, 0.3) is 5.65 Å². The number of nitrogens with zero attached hydrogens (tertiary/aromatic N) is 3. The molecule has 1 aliphatic rings. The first-order chi connectivity index (χ1) is 10.7. The van der Waals surface area contributed by atoms with Crippen molar-refractivity contribution in [1.82, 2.24) is 14.3 Å². The first-order valence-corrected chi connectivity index (χ1v) is 8.02. The molecule has 1 saturated heterocycles. The summed E-state index contributed by atoms with van der Waals surface area (Å²) in [5.41, 5.74) is 2.83. The fourth-order valence-electron chi connectivity index (χ4n) is 3.32. The summed E-state index contributed by atoms with van der Waals surface area (Å²) in [6.07, 6.45) is 8.10. The van der Waals surface area contributed by atoms with E-state index in [0.717, 1.165) is 42.7 Å². The largest absolute Gasteiger partial charge is 0.396 e. The van der Waals surface area contributed by atoms with Gasteiger partial charge >= 0.3 is 0 Å². The fraction of sp³-hybridized carbons (Fsp3) is 0.529. The summed E-state index contributed by atoms with van der Waals surface area (Å²) in [5.74, 6) is 0.124. The van der Waals surface area contributed by atoms with Crippen LogP contribution in [0, 0.1) is 6.92 Å². The van der Waals surface area contributed by atoms with Gasteiger partial charge in [0.25, 0.3) is 0 Å². The van der Waals surface area contributed by atoms with Gasteiger partial charge < -0.3 is 14.4 Å². The van der Waals surface area contributed by atoms with Crippen molar-refractivity contribution in [1.29, 1.82) is 0 Å². The van der Waals surface area contributed by atoms with Gasteiger partial charge in [0.05, 0.1) is 12.1 Å². The Balaban J connectivity index is 1.75. The number of carbonyl (C=O) groups is 1. The Hall–Kier alpha value is -1.88. The quantitative estimate of drug-likeness (QED) is 0.939. The lowest BCUT2D eigenvalue weighted by Crippen LogP contribution is -2.44. The maximum Gasteiger partial charge on any atom is 0.228 e. The number of aliphatic hydroxyl groups excluding tert-OH is 1. The molecule has 2 aromatic heterocycles. The van der Waals surface area contributed by atoms with Gasteiger partial charge in [0.1, 0.15) is 5.65 Å². The van der Waals surface area contributed by atoms with Crippen LogP contribution in [0.3, 0.4) is 0 Å². The number of likely N-dealkylation sites (tertiary alicyclic amines) is 1. The molecule has 1 unspecified atom stereocenters. The van der Waals surface area contributed by atoms with Gasteiger partial charge in [-0.25, -0.2) is 4.98 Å². The van der Waals surface area contributed by atoms with E-state index in [1.165, 1.54) is 0 Å². The molecule has 1 atom stereocenters. The van der Waals surface area contributed by atoms with E-state index in [9.17, 15) is 9.90 Å². The molecule has 0 aliphatic carbocycles. The number of hydrogen-bond acceptors (Lipinski definition) is 3. The van der Waals surface area contributed by atoms with E-state index in [0.29, 0.717) is 12.8 Å². The molecule has 1 aliphatic heterocycles. The zero-order valence-corrected chi connectivity index (χ0v) is 13.0. The minimum atomic E-state index is 0.124. The molecule has 0 bridgehead atoms. The van der Waals surface area contributed by atoms with Gasteiger partial charge in [0.15, 0.2) is 0 Å². The maximum atomic E-state index is 12.6. The number of hydrogen-bond donors (Lipinski definition) is 1. The SMILES string of the molecule is Cc1cccn2cc(CC(=O)N3CCCCC3CCO)nc12. The molecule has 1 N–H and O–H groups in total. The summed E-state index contributed by atoms with van der Waals surface area (Å²) < 4.78 is 1.97. The minimum absolute atomic E-state index is 0.124. The van der Waals surface area contributed by atoms with Crippen LogP contribution in [0.1, 0.15) is 36.9 Å². The highest BCUT2D eigenvalue weighted by Crippen LogP contribution is 2.21. The Morgan fingerprint density at radius 2 is 2.32 bits per heavy atom. The van der Waals surface area contributed by atoms with Crippen LogP contribution in [0.2, 0.25) is 0 Å².